The van der Waals surface area contributed by atoms with Crippen LogP contribution in [0.4, 0.5) is 0 Å². The molecule has 1 heterocycles. The lowest BCUT2D eigenvalue weighted by Crippen LogP contribution is -2.37. The van der Waals surface area contributed by atoms with Crippen molar-refractivity contribution in [1.29, 1.82) is 5.26 Å². The van der Waals surface area contributed by atoms with Crippen LogP contribution < -0.4 is 0 Å². The van der Waals surface area contributed by atoms with Gasteiger partial charge in [-0.05, 0) is 57.3 Å². The molecule has 1 aliphatic carbocycles. The fourth-order valence-corrected chi connectivity index (χ4v) is 4.24. The third-order valence-electron chi connectivity index (χ3n) is 4.42. The average molecular weight is 276 g/mol. The first-order valence-corrected chi connectivity index (χ1v) is 8.17. The minimum Gasteiger partial charge on any atom is -0.309 e. The number of hydrogen-bond acceptors (Lipinski definition) is 3. The molecule has 0 saturated heterocycles. The van der Waals surface area contributed by atoms with Crippen molar-refractivity contribution in [2.24, 2.45) is 5.92 Å². The SMILES string of the molecule is CN(C)CC[C@@](C#N)(c1cccs1)C1CCCCC1. The standard InChI is InChI=1S/C16H24N2S/c1-18(2)11-10-16(13-17,15-9-6-12-19-15)14-7-4-3-5-8-14/h6,9,12,14H,3-5,7-8,10-11H2,1-2H3/t16-/m0/s1. The van der Waals surface area contributed by atoms with Crippen molar-refractivity contribution in [3.8, 4) is 6.07 Å². The van der Waals surface area contributed by atoms with Crippen LogP contribution in [0.3, 0.4) is 0 Å². The molecule has 19 heavy (non-hydrogen) atoms. The summed E-state index contributed by atoms with van der Waals surface area (Å²) >= 11 is 1.76. The van der Waals surface area contributed by atoms with Crippen molar-refractivity contribution in [3.05, 3.63) is 22.4 Å². The topological polar surface area (TPSA) is 27.0 Å². The molecule has 0 aliphatic heterocycles. The second-order valence-electron chi connectivity index (χ2n) is 5.95. The molecule has 2 rings (SSSR count). The van der Waals surface area contributed by atoms with Gasteiger partial charge in [-0.25, -0.2) is 0 Å². The zero-order valence-electron chi connectivity index (χ0n) is 12.1. The first kappa shape index (κ1) is 14.6. The first-order chi connectivity index (χ1) is 9.19. The van der Waals surface area contributed by atoms with Crippen molar-refractivity contribution in [2.45, 2.75) is 43.9 Å². The molecule has 1 saturated carbocycles. The molecule has 0 amide bonds. The highest BCUT2D eigenvalue weighted by Gasteiger charge is 2.41. The van der Waals surface area contributed by atoms with Crippen LogP contribution >= 0.6 is 11.3 Å². The largest absolute Gasteiger partial charge is 0.309 e. The summed E-state index contributed by atoms with van der Waals surface area (Å²) in [6, 6.07) is 6.98. The van der Waals surface area contributed by atoms with Crippen molar-refractivity contribution >= 4 is 11.3 Å². The Hall–Kier alpha value is -0.850. The van der Waals surface area contributed by atoms with Crippen LogP contribution in [0.25, 0.3) is 0 Å². The highest BCUT2D eigenvalue weighted by atomic mass is 32.1. The fraction of sp³-hybridized carbons (Fsp3) is 0.688. The van der Waals surface area contributed by atoms with E-state index < -0.39 is 0 Å². The number of hydrogen-bond donors (Lipinski definition) is 0. The second kappa shape index (κ2) is 6.54. The molecule has 1 aromatic heterocycles. The molecule has 0 N–H and O–H groups in total. The van der Waals surface area contributed by atoms with Gasteiger partial charge >= 0.3 is 0 Å². The van der Waals surface area contributed by atoms with Crippen molar-refractivity contribution < 1.29 is 0 Å². The van der Waals surface area contributed by atoms with Crippen LogP contribution in [-0.4, -0.2) is 25.5 Å². The Morgan fingerprint density at radius 2 is 2.11 bits per heavy atom. The average Bonchev–Trinajstić information content (AvgIpc) is 2.96. The summed E-state index contributed by atoms with van der Waals surface area (Å²) in [5.74, 6) is 0.546. The summed E-state index contributed by atoms with van der Waals surface area (Å²) in [6.45, 7) is 0.988. The van der Waals surface area contributed by atoms with E-state index in [-0.39, 0.29) is 5.41 Å². The molecular formula is C16H24N2S. The van der Waals surface area contributed by atoms with Gasteiger partial charge in [0.25, 0.3) is 0 Å². The molecule has 2 nitrogen and oxygen atoms in total. The highest BCUT2D eigenvalue weighted by Crippen LogP contribution is 2.44. The van der Waals surface area contributed by atoms with Gasteiger partial charge in [0.1, 0.15) is 0 Å². The minimum atomic E-state index is -0.251. The maximum Gasteiger partial charge on any atom is 0.0954 e. The Kier molecular flexibility index (Phi) is 5.01. The minimum absolute atomic E-state index is 0.251. The van der Waals surface area contributed by atoms with Gasteiger partial charge in [0.2, 0.25) is 0 Å². The van der Waals surface area contributed by atoms with E-state index in [0.29, 0.717) is 5.92 Å². The molecule has 1 atom stereocenters. The van der Waals surface area contributed by atoms with E-state index in [1.54, 1.807) is 11.3 Å². The molecule has 0 spiro atoms. The van der Waals surface area contributed by atoms with Crippen LogP contribution in [0.15, 0.2) is 17.5 Å². The maximum atomic E-state index is 9.95. The Morgan fingerprint density at radius 3 is 2.63 bits per heavy atom. The van der Waals surface area contributed by atoms with E-state index in [1.165, 1.54) is 37.0 Å². The van der Waals surface area contributed by atoms with Crippen molar-refractivity contribution in [3.63, 3.8) is 0 Å². The molecule has 0 unspecified atom stereocenters. The predicted octanol–water partition coefficient (Wildman–Crippen LogP) is 4.04. The van der Waals surface area contributed by atoms with Crippen LogP contribution in [-0.2, 0) is 5.41 Å². The van der Waals surface area contributed by atoms with E-state index in [9.17, 15) is 5.26 Å². The number of rotatable bonds is 5. The lowest BCUT2D eigenvalue weighted by atomic mass is 9.67. The predicted molar refractivity (Wildman–Crippen MR) is 81.4 cm³/mol. The molecule has 0 radical (unpaired) electrons. The summed E-state index contributed by atoms with van der Waals surface area (Å²) in [6.07, 6.45) is 7.33. The quantitative estimate of drug-likeness (QED) is 0.811. The summed E-state index contributed by atoms with van der Waals surface area (Å²) in [5.41, 5.74) is -0.251. The number of nitriles is 1. The molecule has 0 bridgehead atoms. The van der Waals surface area contributed by atoms with Gasteiger partial charge in [-0.3, -0.25) is 0 Å². The molecule has 0 aromatic carbocycles. The summed E-state index contributed by atoms with van der Waals surface area (Å²) in [7, 11) is 4.19. The van der Waals surface area contributed by atoms with Crippen molar-refractivity contribution in [1.82, 2.24) is 4.90 Å². The second-order valence-corrected chi connectivity index (χ2v) is 6.90. The molecule has 1 aromatic rings. The van der Waals surface area contributed by atoms with Gasteiger partial charge in [-0.2, -0.15) is 5.26 Å². The van der Waals surface area contributed by atoms with E-state index in [1.807, 2.05) is 0 Å². The first-order valence-electron chi connectivity index (χ1n) is 7.29. The lowest BCUT2D eigenvalue weighted by molar-refractivity contribution is 0.223. The number of nitrogens with zero attached hydrogens (tertiary/aromatic N) is 2. The van der Waals surface area contributed by atoms with Gasteiger partial charge in [-0.1, -0.05) is 25.3 Å². The summed E-state index contributed by atoms with van der Waals surface area (Å²) in [5, 5.41) is 12.1. The van der Waals surface area contributed by atoms with E-state index in [2.05, 4.69) is 42.6 Å². The van der Waals surface area contributed by atoms with Gasteiger partial charge in [0.15, 0.2) is 0 Å². The third-order valence-corrected chi connectivity index (χ3v) is 5.46. The van der Waals surface area contributed by atoms with Crippen LogP contribution in [0.2, 0.25) is 0 Å². The van der Waals surface area contributed by atoms with Gasteiger partial charge in [-0.15, -0.1) is 11.3 Å². The molecular weight excluding hydrogens is 252 g/mol. The van der Waals surface area contributed by atoms with E-state index in [0.717, 1.165) is 13.0 Å². The number of thiophene rings is 1. The zero-order chi connectivity index (χ0) is 13.7. The Morgan fingerprint density at radius 1 is 1.37 bits per heavy atom. The normalized spacial score (nSPS) is 20.1. The highest BCUT2D eigenvalue weighted by molar-refractivity contribution is 7.10. The molecule has 3 heteroatoms. The Labute approximate surface area is 121 Å². The van der Waals surface area contributed by atoms with Crippen LogP contribution in [0.5, 0.6) is 0 Å². The van der Waals surface area contributed by atoms with E-state index in [4.69, 9.17) is 0 Å². The lowest BCUT2D eigenvalue weighted by Gasteiger charge is -2.37. The van der Waals surface area contributed by atoms with Crippen LogP contribution in [0.1, 0.15) is 43.4 Å². The summed E-state index contributed by atoms with van der Waals surface area (Å²) < 4.78 is 0. The van der Waals surface area contributed by atoms with Crippen molar-refractivity contribution in [2.75, 3.05) is 20.6 Å². The zero-order valence-corrected chi connectivity index (χ0v) is 12.9. The Balaban J connectivity index is 2.27. The van der Waals surface area contributed by atoms with Crippen LogP contribution in [0, 0.1) is 17.2 Å². The van der Waals surface area contributed by atoms with E-state index >= 15 is 0 Å². The molecule has 104 valence electrons. The van der Waals surface area contributed by atoms with Gasteiger partial charge < -0.3 is 4.90 Å². The Bertz CT molecular complexity index is 412. The molecule has 1 fully saturated rings. The van der Waals surface area contributed by atoms with Gasteiger partial charge in [0.05, 0.1) is 11.5 Å². The monoisotopic (exact) mass is 276 g/mol. The summed E-state index contributed by atoms with van der Waals surface area (Å²) in [4.78, 5) is 3.48. The van der Waals surface area contributed by atoms with Gasteiger partial charge in [0, 0.05) is 4.88 Å². The smallest absolute Gasteiger partial charge is 0.0954 e. The molecule has 1 aliphatic rings. The maximum absolute atomic E-state index is 9.95. The fourth-order valence-electron chi connectivity index (χ4n) is 3.26. The third kappa shape index (κ3) is 3.19.